The number of hydrogen-bond acceptors (Lipinski definition) is 2. The molecule has 1 aliphatic rings. The minimum absolute atomic E-state index is 0.238. The van der Waals surface area contributed by atoms with Gasteiger partial charge in [-0.1, -0.05) is 36.4 Å². The van der Waals surface area contributed by atoms with Crippen molar-refractivity contribution >= 4 is 16.7 Å². The third kappa shape index (κ3) is 3.66. The third-order valence-corrected chi connectivity index (χ3v) is 4.53. The summed E-state index contributed by atoms with van der Waals surface area (Å²) < 4.78 is 0. The normalized spacial score (nSPS) is 17.8. The van der Waals surface area contributed by atoms with Crippen LogP contribution in [0.5, 0.6) is 0 Å². The molecule has 116 valence electrons. The summed E-state index contributed by atoms with van der Waals surface area (Å²) in [5.41, 5.74) is 1.19. The van der Waals surface area contributed by atoms with Gasteiger partial charge in [-0.05, 0) is 48.2 Å². The van der Waals surface area contributed by atoms with Crippen LogP contribution in [0.15, 0.2) is 42.5 Å². The Labute approximate surface area is 132 Å². The highest BCUT2D eigenvalue weighted by Gasteiger charge is 2.17. The maximum atomic E-state index is 12.3. The Morgan fingerprint density at radius 2 is 2.05 bits per heavy atom. The van der Waals surface area contributed by atoms with E-state index in [0.717, 1.165) is 13.0 Å². The number of nitrogens with one attached hydrogen (secondary N) is 1. The van der Waals surface area contributed by atoms with Crippen LogP contribution in [0.3, 0.4) is 0 Å². The fraction of sp³-hybridized carbons (Fsp3) is 0.421. The number of benzene rings is 2. The summed E-state index contributed by atoms with van der Waals surface area (Å²) in [6, 6.07) is 15.3. The number of rotatable bonds is 5. The van der Waals surface area contributed by atoms with Crippen LogP contribution in [0.1, 0.15) is 31.2 Å². The van der Waals surface area contributed by atoms with Crippen molar-refractivity contribution in [2.24, 2.45) is 0 Å². The molecule has 0 radical (unpaired) electrons. The molecule has 3 nitrogen and oxygen atoms in total. The van der Waals surface area contributed by atoms with Gasteiger partial charge in [0, 0.05) is 26.1 Å². The van der Waals surface area contributed by atoms with Gasteiger partial charge >= 0.3 is 0 Å². The molecule has 1 fully saturated rings. The third-order valence-electron chi connectivity index (χ3n) is 4.53. The highest BCUT2D eigenvalue weighted by Crippen LogP contribution is 2.17. The van der Waals surface area contributed by atoms with Crippen molar-refractivity contribution in [3.63, 3.8) is 0 Å². The molecular weight excluding hydrogens is 272 g/mol. The molecule has 0 saturated carbocycles. The van der Waals surface area contributed by atoms with Crippen LogP contribution in [0.4, 0.5) is 0 Å². The van der Waals surface area contributed by atoms with E-state index >= 15 is 0 Å². The molecule has 22 heavy (non-hydrogen) atoms. The first kappa shape index (κ1) is 15.0. The molecule has 1 saturated heterocycles. The zero-order valence-corrected chi connectivity index (χ0v) is 13.2. The Hall–Kier alpha value is -1.87. The predicted octanol–water partition coefficient (Wildman–Crippen LogP) is 3.33. The zero-order valence-electron chi connectivity index (χ0n) is 13.2. The topological polar surface area (TPSA) is 32.3 Å². The first-order chi connectivity index (χ1) is 10.7. The van der Waals surface area contributed by atoms with E-state index in [1.165, 1.54) is 29.2 Å². The van der Waals surface area contributed by atoms with E-state index < -0.39 is 0 Å². The van der Waals surface area contributed by atoms with Crippen molar-refractivity contribution < 1.29 is 4.79 Å². The van der Waals surface area contributed by atoms with Gasteiger partial charge in [-0.15, -0.1) is 0 Å². The van der Waals surface area contributed by atoms with Crippen molar-refractivity contribution in [2.75, 3.05) is 13.6 Å². The van der Waals surface area contributed by atoms with Gasteiger partial charge in [0.1, 0.15) is 0 Å². The van der Waals surface area contributed by atoms with E-state index in [2.05, 4.69) is 47.8 Å². The van der Waals surface area contributed by atoms with Gasteiger partial charge in [-0.2, -0.15) is 0 Å². The Morgan fingerprint density at radius 1 is 1.23 bits per heavy atom. The Balaban J connectivity index is 1.57. The fourth-order valence-electron chi connectivity index (χ4n) is 3.19. The quantitative estimate of drug-likeness (QED) is 0.918. The molecule has 2 aromatic rings. The highest BCUT2D eigenvalue weighted by molar-refractivity contribution is 5.83. The van der Waals surface area contributed by atoms with E-state index in [1.807, 2.05) is 11.9 Å². The molecule has 1 aliphatic heterocycles. The Morgan fingerprint density at radius 3 is 2.82 bits per heavy atom. The van der Waals surface area contributed by atoms with Crippen LogP contribution < -0.4 is 5.32 Å². The Kier molecular flexibility index (Phi) is 4.74. The van der Waals surface area contributed by atoms with Gasteiger partial charge in [0.2, 0.25) is 5.91 Å². The number of amides is 1. The fourth-order valence-corrected chi connectivity index (χ4v) is 3.19. The van der Waals surface area contributed by atoms with Crippen molar-refractivity contribution in [3.05, 3.63) is 48.0 Å². The van der Waals surface area contributed by atoms with Crippen LogP contribution in [0.25, 0.3) is 10.8 Å². The second-order valence-corrected chi connectivity index (χ2v) is 6.26. The van der Waals surface area contributed by atoms with Gasteiger partial charge in [0.15, 0.2) is 0 Å². The first-order valence-corrected chi connectivity index (χ1v) is 8.17. The largest absolute Gasteiger partial charge is 0.341 e. The van der Waals surface area contributed by atoms with Crippen LogP contribution in [-0.2, 0) is 11.3 Å². The first-order valence-electron chi connectivity index (χ1n) is 8.17. The van der Waals surface area contributed by atoms with Crippen LogP contribution in [0.2, 0.25) is 0 Å². The second-order valence-electron chi connectivity index (χ2n) is 6.26. The van der Waals surface area contributed by atoms with Crippen molar-refractivity contribution in [2.45, 2.75) is 38.3 Å². The Bertz CT molecular complexity index is 647. The molecule has 0 bridgehead atoms. The summed E-state index contributed by atoms with van der Waals surface area (Å²) in [5.74, 6) is 0.238. The lowest BCUT2D eigenvalue weighted by atomic mass is 10.1. The average molecular weight is 296 g/mol. The molecule has 0 aromatic heterocycles. The van der Waals surface area contributed by atoms with Crippen LogP contribution in [0, 0.1) is 0 Å². The van der Waals surface area contributed by atoms with Crippen LogP contribution in [-0.4, -0.2) is 30.4 Å². The van der Waals surface area contributed by atoms with Gasteiger partial charge < -0.3 is 10.2 Å². The molecule has 1 N–H and O–H groups in total. The molecule has 1 unspecified atom stereocenters. The lowest BCUT2D eigenvalue weighted by Gasteiger charge is -2.19. The average Bonchev–Trinajstić information content (AvgIpc) is 3.06. The summed E-state index contributed by atoms with van der Waals surface area (Å²) in [7, 11) is 1.90. The van der Waals surface area contributed by atoms with Crippen molar-refractivity contribution in [1.82, 2.24) is 10.2 Å². The molecule has 1 heterocycles. The van der Waals surface area contributed by atoms with E-state index in [0.29, 0.717) is 19.0 Å². The summed E-state index contributed by atoms with van der Waals surface area (Å²) in [5, 5.41) is 5.93. The van der Waals surface area contributed by atoms with Crippen LogP contribution >= 0.6 is 0 Å². The maximum Gasteiger partial charge on any atom is 0.222 e. The number of carbonyl (C=O) groups excluding carboxylic acids is 1. The summed E-state index contributed by atoms with van der Waals surface area (Å²) in [6.07, 6.45) is 4.05. The molecule has 1 amide bonds. The van der Waals surface area contributed by atoms with E-state index in [9.17, 15) is 4.79 Å². The van der Waals surface area contributed by atoms with Gasteiger partial charge in [0.05, 0.1) is 0 Å². The summed E-state index contributed by atoms with van der Waals surface area (Å²) >= 11 is 0. The molecule has 0 aliphatic carbocycles. The lowest BCUT2D eigenvalue weighted by molar-refractivity contribution is -0.130. The minimum Gasteiger partial charge on any atom is -0.341 e. The van der Waals surface area contributed by atoms with Gasteiger partial charge in [0.25, 0.3) is 0 Å². The SMILES string of the molecule is CN(Cc1ccc2ccccc2c1)C(=O)CCC1CCCN1. The second kappa shape index (κ2) is 6.93. The van der Waals surface area contributed by atoms with Crippen molar-refractivity contribution in [3.8, 4) is 0 Å². The molecule has 0 spiro atoms. The highest BCUT2D eigenvalue weighted by atomic mass is 16.2. The molecular formula is C19H24N2O. The number of fused-ring (bicyclic) bond motifs is 1. The monoisotopic (exact) mass is 296 g/mol. The number of nitrogens with zero attached hydrogens (tertiary/aromatic N) is 1. The minimum atomic E-state index is 0.238. The van der Waals surface area contributed by atoms with E-state index in [4.69, 9.17) is 0 Å². The number of hydrogen-bond donors (Lipinski definition) is 1. The van der Waals surface area contributed by atoms with Crippen molar-refractivity contribution in [1.29, 1.82) is 0 Å². The molecule has 2 aromatic carbocycles. The molecule has 3 rings (SSSR count). The summed E-state index contributed by atoms with van der Waals surface area (Å²) in [4.78, 5) is 14.1. The molecule has 3 heteroatoms. The maximum absolute atomic E-state index is 12.3. The predicted molar refractivity (Wildman–Crippen MR) is 90.7 cm³/mol. The van der Waals surface area contributed by atoms with Gasteiger partial charge in [-0.25, -0.2) is 0 Å². The van der Waals surface area contributed by atoms with Gasteiger partial charge in [-0.3, -0.25) is 4.79 Å². The zero-order chi connectivity index (χ0) is 15.4. The standard InChI is InChI=1S/C19H24N2O/c1-21(19(22)11-10-18-7-4-12-20-18)14-15-8-9-16-5-2-3-6-17(16)13-15/h2-3,5-6,8-9,13,18,20H,4,7,10-12,14H2,1H3. The van der Waals surface area contributed by atoms with E-state index in [-0.39, 0.29) is 5.91 Å². The molecule has 1 atom stereocenters. The van der Waals surface area contributed by atoms with E-state index in [1.54, 1.807) is 0 Å². The smallest absolute Gasteiger partial charge is 0.222 e. The number of carbonyl (C=O) groups is 1. The summed E-state index contributed by atoms with van der Waals surface area (Å²) in [6.45, 7) is 1.79. The lowest BCUT2D eigenvalue weighted by Crippen LogP contribution is -2.29.